The van der Waals surface area contributed by atoms with E-state index >= 15 is 0 Å². The van der Waals surface area contributed by atoms with Crippen molar-refractivity contribution in [1.82, 2.24) is 15.0 Å². The van der Waals surface area contributed by atoms with Gasteiger partial charge >= 0.3 is 0 Å². The summed E-state index contributed by atoms with van der Waals surface area (Å²) in [6.07, 6.45) is 0. The quantitative estimate of drug-likeness (QED) is 0.700. The smallest absolute Gasteiger partial charge is 0.180 e. The molecule has 0 aliphatic carbocycles. The van der Waals surface area contributed by atoms with Crippen LogP contribution >= 0.6 is 0 Å². The third-order valence-corrected chi connectivity index (χ3v) is 3.25. The normalized spacial score (nSPS) is 10.9. The molecule has 0 aliphatic heterocycles. The minimum absolute atomic E-state index is 0.701. The number of nitrogens with two attached hydrogens (primary N) is 1. The summed E-state index contributed by atoms with van der Waals surface area (Å²) in [4.78, 5) is 14.3. The molecule has 0 spiro atoms. The first kappa shape index (κ1) is 12.5. The van der Waals surface area contributed by atoms with E-state index in [0.717, 1.165) is 28.3 Å². The number of imidazole rings is 1. The summed E-state index contributed by atoms with van der Waals surface area (Å²) in [6, 6.07) is 9.87. The van der Waals surface area contributed by atoms with Crippen LogP contribution < -0.4 is 10.6 Å². The lowest BCUT2D eigenvalue weighted by atomic mass is 10.1. The van der Waals surface area contributed by atoms with Crippen LogP contribution in [0.3, 0.4) is 0 Å². The number of nitrogen functional groups attached to an aromatic ring is 1. The van der Waals surface area contributed by atoms with E-state index in [-0.39, 0.29) is 0 Å². The van der Waals surface area contributed by atoms with Crippen LogP contribution in [-0.4, -0.2) is 29.0 Å². The van der Waals surface area contributed by atoms with Gasteiger partial charge in [-0.05, 0) is 31.2 Å². The number of aromatic nitrogens is 3. The number of pyridine rings is 1. The summed E-state index contributed by atoms with van der Waals surface area (Å²) in [5, 5.41) is 0. The molecule has 0 fully saturated rings. The van der Waals surface area contributed by atoms with Gasteiger partial charge < -0.3 is 15.6 Å². The van der Waals surface area contributed by atoms with Crippen LogP contribution in [0.15, 0.2) is 30.3 Å². The van der Waals surface area contributed by atoms with Gasteiger partial charge in [-0.1, -0.05) is 11.6 Å². The zero-order chi connectivity index (χ0) is 14.3. The van der Waals surface area contributed by atoms with E-state index in [1.807, 2.05) is 56.3 Å². The average molecular weight is 267 g/mol. The third-order valence-electron chi connectivity index (χ3n) is 3.25. The highest BCUT2D eigenvalue weighted by atomic mass is 15.1. The van der Waals surface area contributed by atoms with Gasteiger partial charge in [-0.15, -0.1) is 0 Å². The summed E-state index contributed by atoms with van der Waals surface area (Å²) in [6.45, 7) is 2.04. The molecule has 0 bridgehead atoms. The van der Waals surface area contributed by atoms with Crippen LogP contribution in [-0.2, 0) is 0 Å². The zero-order valence-electron chi connectivity index (χ0n) is 11.8. The fourth-order valence-corrected chi connectivity index (χ4v) is 2.13. The van der Waals surface area contributed by atoms with E-state index in [9.17, 15) is 0 Å². The van der Waals surface area contributed by atoms with Crippen molar-refractivity contribution >= 4 is 22.7 Å². The molecular formula is C15H17N5. The van der Waals surface area contributed by atoms with Crippen molar-refractivity contribution in [2.45, 2.75) is 6.92 Å². The number of aromatic amines is 1. The van der Waals surface area contributed by atoms with Crippen molar-refractivity contribution in [2.24, 2.45) is 0 Å². The lowest BCUT2D eigenvalue weighted by Crippen LogP contribution is -2.10. The second-order valence-electron chi connectivity index (χ2n) is 5.11. The number of rotatable bonds is 2. The fourth-order valence-electron chi connectivity index (χ4n) is 2.13. The van der Waals surface area contributed by atoms with E-state index < -0.39 is 0 Å². The largest absolute Gasteiger partial charge is 0.398 e. The molecule has 0 unspecified atom stereocenters. The number of anilines is 2. The van der Waals surface area contributed by atoms with Crippen molar-refractivity contribution < 1.29 is 0 Å². The van der Waals surface area contributed by atoms with Crippen molar-refractivity contribution in [2.75, 3.05) is 24.7 Å². The molecule has 0 saturated heterocycles. The molecule has 0 amide bonds. The molecule has 0 radical (unpaired) electrons. The minimum Gasteiger partial charge on any atom is -0.398 e. The van der Waals surface area contributed by atoms with Crippen LogP contribution in [0.4, 0.5) is 11.5 Å². The Kier molecular flexibility index (Phi) is 2.82. The number of nitrogens with zero attached hydrogens (tertiary/aromatic N) is 3. The highest BCUT2D eigenvalue weighted by molar-refractivity contribution is 5.81. The Morgan fingerprint density at radius 1 is 1.10 bits per heavy atom. The lowest BCUT2D eigenvalue weighted by Gasteiger charge is -2.09. The third kappa shape index (κ3) is 2.07. The van der Waals surface area contributed by atoms with Gasteiger partial charge in [0.05, 0.1) is 5.52 Å². The van der Waals surface area contributed by atoms with Crippen LogP contribution in [0.5, 0.6) is 0 Å². The highest BCUT2D eigenvalue weighted by Gasteiger charge is 2.10. The maximum absolute atomic E-state index is 6.03. The molecule has 3 rings (SSSR count). The summed E-state index contributed by atoms with van der Waals surface area (Å²) < 4.78 is 0. The van der Waals surface area contributed by atoms with Crippen molar-refractivity contribution in [3.05, 3.63) is 35.9 Å². The van der Waals surface area contributed by atoms with Crippen LogP contribution in [0.25, 0.3) is 22.6 Å². The van der Waals surface area contributed by atoms with Gasteiger partial charge in [-0.2, -0.15) is 0 Å². The first-order valence-electron chi connectivity index (χ1n) is 6.45. The summed E-state index contributed by atoms with van der Waals surface area (Å²) in [5.41, 5.74) is 10.4. The van der Waals surface area contributed by atoms with Gasteiger partial charge in [-0.3, -0.25) is 0 Å². The molecule has 1 aromatic carbocycles. The number of benzene rings is 1. The Morgan fingerprint density at radius 2 is 1.90 bits per heavy atom. The van der Waals surface area contributed by atoms with Gasteiger partial charge in [-0.25, -0.2) is 9.97 Å². The molecule has 20 heavy (non-hydrogen) atoms. The Hall–Kier alpha value is -2.56. The van der Waals surface area contributed by atoms with E-state index in [1.165, 1.54) is 0 Å². The summed E-state index contributed by atoms with van der Waals surface area (Å²) in [7, 11) is 3.92. The fraction of sp³-hybridized carbons (Fsp3) is 0.200. The average Bonchev–Trinajstić information content (AvgIpc) is 2.83. The van der Waals surface area contributed by atoms with E-state index in [0.29, 0.717) is 11.3 Å². The van der Waals surface area contributed by atoms with Gasteiger partial charge in [0.1, 0.15) is 11.6 Å². The number of fused-ring (bicyclic) bond motifs is 1. The molecule has 5 heteroatoms. The molecule has 0 aliphatic rings. The first-order valence-corrected chi connectivity index (χ1v) is 6.45. The SMILES string of the molecule is Cc1ccc(N)c(-c2nc3nc(N(C)C)ccc3[nH]2)c1. The molecule has 5 nitrogen and oxygen atoms in total. The maximum Gasteiger partial charge on any atom is 0.180 e. The zero-order valence-corrected chi connectivity index (χ0v) is 11.8. The van der Waals surface area contributed by atoms with Gasteiger partial charge in [0, 0.05) is 25.3 Å². The minimum atomic E-state index is 0.701. The predicted molar refractivity (Wildman–Crippen MR) is 82.8 cm³/mol. The number of hydrogen-bond donors (Lipinski definition) is 2. The Bertz CT molecular complexity index is 773. The standard InChI is InChI=1S/C15H17N5/c1-9-4-5-11(16)10(8-9)14-17-12-6-7-13(20(2)3)18-15(12)19-14/h4-8H,16H2,1-3H3,(H,17,18,19). The van der Waals surface area contributed by atoms with Gasteiger partial charge in [0.25, 0.3) is 0 Å². The number of H-pyrrole nitrogens is 1. The Balaban J connectivity index is 2.15. The molecule has 0 atom stereocenters. The topological polar surface area (TPSA) is 70.8 Å². The number of hydrogen-bond acceptors (Lipinski definition) is 4. The molecule has 2 heterocycles. The monoisotopic (exact) mass is 267 g/mol. The predicted octanol–water partition coefficient (Wildman–Crippen LogP) is 2.58. The first-order chi connectivity index (χ1) is 9.54. The molecule has 2 aromatic heterocycles. The lowest BCUT2D eigenvalue weighted by molar-refractivity contribution is 1.08. The van der Waals surface area contributed by atoms with E-state index in [1.54, 1.807) is 0 Å². The van der Waals surface area contributed by atoms with Crippen LogP contribution in [0, 0.1) is 6.92 Å². The molecule has 102 valence electrons. The van der Waals surface area contributed by atoms with E-state index in [4.69, 9.17) is 5.73 Å². The van der Waals surface area contributed by atoms with Crippen molar-refractivity contribution in [3.63, 3.8) is 0 Å². The second kappa shape index (κ2) is 4.52. The number of nitrogens with one attached hydrogen (secondary N) is 1. The van der Waals surface area contributed by atoms with Crippen LogP contribution in [0.1, 0.15) is 5.56 Å². The Labute approximate surface area is 117 Å². The highest BCUT2D eigenvalue weighted by Crippen LogP contribution is 2.26. The van der Waals surface area contributed by atoms with E-state index in [2.05, 4.69) is 15.0 Å². The molecule has 0 saturated carbocycles. The summed E-state index contributed by atoms with van der Waals surface area (Å²) in [5.74, 6) is 1.64. The molecule has 3 aromatic rings. The van der Waals surface area contributed by atoms with Crippen molar-refractivity contribution in [3.8, 4) is 11.4 Å². The van der Waals surface area contributed by atoms with Crippen LogP contribution in [0.2, 0.25) is 0 Å². The number of aryl methyl sites for hydroxylation is 1. The molecular weight excluding hydrogens is 250 g/mol. The second-order valence-corrected chi connectivity index (χ2v) is 5.11. The summed E-state index contributed by atoms with van der Waals surface area (Å²) >= 11 is 0. The maximum atomic E-state index is 6.03. The van der Waals surface area contributed by atoms with Gasteiger partial charge in [0.15, 0.2) is 5.65 Å². The Morgan fingerprint density at radius 3 is 2.65 bits per heavy atom. The van der Waals surface area contributed by atoms with Gasteiger partial charge in [0.2, 0.25) is 0 Å². The van der Waals surface area contributed by atoms with Crippen molar-refractivity contribution in [1.29, 1.82) is 0 Å². The molecule has 3 N–H and O–H groups in total.